The number of hydrogen-bond donors (Lipinski definition) is 0. The van der Waals surface area contributed by atoms with Gasteiger partial charge in [0, 0.05) is 0 Å². The molecule has 0 N–H and O–H groups in total. The van der Waals surface area contributed by atoms with E-state index >= 15 is 0 Å². The quantitative estimate of drug-likeness (QED) is 0.239. The lowest BCUT2D eigenvalue weighted by atomic mass is 9.78. The zero-order valence-electron chi connectivity index (χ0n) is 15.8. The molecule has 130 valence electrons. The monoisotopic (exact) mass is 306 g/mol. The topological polar surface area (TPSA) is 0 Å². The van der Waals surface area contributed by atoms with E-state index in [0.717, 1.165) is 11.8 Å². The van der Waals surface area contributed by atoms with Crippen LogP contribution in [0.1, 0.15) is 111 Å². The van der Waals surface area contributed by atoms with E-state index in [2.05, 4.69) is 33.4 Å². The molecule has 0 saturated heterocycles. The summed E-state index contributed by atoms with van der Waals surface area (Å²) in [6, 6.07) is 0. The molecular weight excluding hydrogens is 264 g/mol. The zero-order valence-corrected chi connectivity index (χ0v) is 15.8. The third kappa shape index (κ3) is 8.39. The number of hydrogen-bond acceptors (Lipinski definition) is 0. The first-order valence-electron chi connectivity index (χ1n) is 10.2. The molecule has 0 bridgehead atoms. The van der Waals surface area contributed by atoms with Crippen LogP contribution in [-0.4, -0.2) is 0 Å². The molecule has 1 rings (SSSR count). The molecule has 0 spiro atoms. The Morgan fingerprint density at radius 2 is 1.55 bits per heavy atom. The number of unbranched alkanes of at least 4 members (excludes halogenated alkanes) is 5. The lowest BCUT2D eigenvalue weighted by Gasteiger charge is -2.28. The first kappa shape index (κ1) is 19.8. The fourth-order valence-electron chi connectivity index (χ4n) is 4.25. The number of rotatable bonds is 13. The highest BCUT2D eigenvalue weighted by Crippen LogP contribution is 2.41. The molecule has 0 aliphatic heterocycles. The van der Waals surface area contributed by atoms with Gasteiger partial charge in [-0.15, -0.1) is 6.58 Å². The highest BCUT2D eigenvalue weighted by Gasteiger charge is 2.28. The van der Waals surface area contributed by atoms with Gasteiger partial charge in [0.15, 0.2) is 0 Å². The van der Waals surface area contributed by atoms with Gasteiger partial charge >= 0.3 is 0 Å². The van der Waals surface area contributed by atoms with Crippen molar-refractivity contribution < 1.29 is 0 Å². The first-order valence-corrected chi connectivity index (χ1v) is 10.2. The molecule has 0 radical (unpaired) electrons. The van der Waals surface area contributed by atoms with Gasteiger partial charge in [-0.2, -0.15) is 0 Å². The van der Waals surface area contributed by atoms with Gasteiger partial charge in [-0.25, -0.2) is 0 Å². The molecule has 0 aromatic rings. The summed E-state index contributed by atoms with van der Waals surface area (Å²) in [5.74, 6) is 2.10. The maximum absolute atomic E-state index is 3.87. The molecule has 0 aromatic carbocycles. The minimum Gasteiger partial charge on any atom is -0.103 e. The molecule has 1 aliphatic rings. The molecule has 1 saturated carbocycles. The van der Waals surface area contributed by atoms with Gasteiger partial charge in [0.25, 0.3) is 0 Å². The lowest BCUT2D eigenvalue weighted by Crippen LogP contribution is -2.15. The fourth-order valence-corrected chi connectivity index (χ4v) is 4.25. The maximum Gasteiger partial charge on any atom is -0.0348 e. The van der Waals surface area contributed by atoms with Crippen LogP contribution in [0.5, 0.6) is 0 Å². The summed E-state index contributed by atoms with van der Waals surface area (Å²) in [4.78, 5) is 0. The summed E-state index contributed by atoms with van der Waals surface area (Å²) in [6.45, 7) is 11.1. The summed E-state index contributed by atoms with van der Waals surface area (Å²) in [5, 5.41) is 0. The second kappa shape index (κ2) is 11.3. The van der Waals surface area contributed by atoms with Gasteiger partial charge in [0.2, 0.25) is 0 Å². The number of allylic oxidation sites excluding steroid dienone is 1. The van der Waals surface area contributed by atoms with Gasteiger partial charge in [-0.3, -0.25) is 0 Å². The van der Waals surface area contributed by atoms with E-state index < -0.39 is 0 Å². The van der Waals surface area contributed by atoms with E-state index in [1.54, 1.807) is 0 Å². The van der Waals surface area contributed by atoms with Crippen LogP contribution >= 0.6 is 0 Å². The predicted molar refractivity (Wildman–Crippen MR) is 101 cm³/mol. The molecule has 0 heteroatoms. The standard InChI is InChI=1S/C22H42/c1-5-7-9-10-11-12-14-20-15-13-16-21(20)17-19-22(3,4)18-8-6-2/h6,20-21H,2,5,7-19H2,1,3-4H3/t20-,21+/m0/s1. The second-order valence-electron chi connectivity index (χ2n) is 8.54. The Bertz CT molecular complexity index is 276. The minimum atomic E-state index is 0.515. The zero-order chi connectivity index (χ0) is 16.3. The Morgan fingerprint density at radius 1 is 0.909 bits per heavy atom. The van der Waals surface area contributed by atoms with Gasteiger partial charge in [0.05, 0.1) is 0 Å². The van der Waals surface area contributed by atoms with Crippen LogP contribution in [0.4, 0.5) is 0 Å². The van der Waals surface area contributed by atoms with Gasteiger partial charge in [0.1, 0.15) is 0 Å². The molecular formula is C22H42. The predicted octanol–water partition coefficient (Wildman–Crippen LogP) is 7.93. The van der Waals surface area contributed by atoms with Crippen molar-refractivity contribution in [2.24, 2.45) is 17.3 Å². The van der Waals surface area contributed by atoms with E-state index in [0.29, 0.717) is 5.41 Å². The van der Waals surface area contributed by atoms with E-state index in [4.69, 9.17) is 0 Å². The molecule has 0 unspecified atom stereocenters. The Labute approximate surface area is 141 Å². The van der Waals surface area contributed by atoms with Crippen molar-refractivity contribution in [3.05, 3.63) is 12.7 Å². The van der Waals surface area contributed by atoms with Gasteiger partial charge in [-0.05, 0) is 42.9 Å². The largest absolute Gasteiger partial charge is 0.103 e. The van der Waals surface area contributed by atoms with Crippen molar-refractivity contribution >= 4 is 0 Å². The summed E-state index contributed by atoms with van der Waals surface area (Å²) in [7, 11) is 0. The average molecular weight is 307 g/mol. The second-order valence-corrected chi connectivity index (χ2v) is 8.54. The van der Waals surface area contributed by atoms with Crippen LogP contribution in [-0.2, 0) is 0 Å². The Kier molecular flexibility index (Phi) is 10.2. The molecule has 2 atom stereocenters. The van der Waals surface area contributed by atoms with Crippen LogP contribution in [0.25, 0.3) is 0 Å². The van der Waals surface area contributed by atoms with Crippen molar-refractivity contribution in [3.8, 4) is 0 Å². The van der Waals surface area contributed by atoms with E-state index in [1.165, 1.54) is 89.9 Å². The van der Waals surface area contributed by atoms with Gasteiger partial charge in [-0.1, -0.05) is 91.1 Å². The Morgan fingerprint density at radius 3 is 2.23 bits per heavy atom. The van der Waals surface area contributed by atoms with Crippen LogP contribution in [0.2, 0.25) is 0 Å². The van der Waals surface area contributed by atoms with E-state index in [1.807, 2.05) is 0 Å². The van der Waals surface area contributed by atoms with Crippen LogP contribution < -0.4 is 0 Å². The summed E-state index contributed by atoms with van der Waals surface area (Å²) in [6.07, 6.45) is 22.2. The smallest absolute Gasteiger partial charge is 0.0348 e. The van der Waals surface area contributed by atoms with Gasteiger partial charge < -0.3 is 0 Å². The van der Waals surface area contributed by atoms with Crippen molar-refractivity contribution in [2.45, 2.75) is 111 Å². The molecule has 1 fully saturated rings. The molecule has 1 aliphatic carbocycles. The molecule has 0 nitrogen and oxygen atoms in total. The van der Waals surface area contributed by atoms with E-state index in [9.17, 15) is 0 Å². The summed E-state index contributed by atoms with van der Waals surface area (Å²) in [5.41, 5.74) is 0.515. The molecule has 0 amide bonds. The summed E-state index contributed by atoms with van der Waals surface area (Å²) < 4.78 is 0. The Balaban J connectivity index is 2.18. The molecule has 0 aromatic heterocycles. The normalized spacial score (nSPS) is 22.1. The van der Waals surface area contributed by atoms with Crippen LogP contribution in [0.15, 0.2) is 12.7 Å². The molecule has 0 heterocycles. The summed E-state index contributed by atoms with van der Waals surface area (Å²) >= 11 is 0. The van der Waals surface area contributed by atoms with Crippen molar-refractivity contribution in [3.63, 3.8) is 0 Å². The highest BCUT2D eigenvalue weighted by atomic mass is 14.3. The average Bonchev–Trinajstić information content (AvgIpc) is 2.94. The Hall–Kier alpha value is -0.260. The minimum absolute atomic E-state index is 0.515. The third-order valence-electron chi connectivity index (χ3n) is 5.96. The SMILES string of the molecule is C=CCCC(C)(C)CC[C@H]1CCC[C@@H]1CCCCCCCC. The highest BCUT2D eigenvalue weighted by molar-refractivity contribution is 4.81. The maximum atomic E-state index is 3.87. The lowest BCUT2D eigenvalue weighted by molar-refractivity contribution is 0.244. The first-order chi connectivity index (χ1) is 10.6. The van der Waals surface area contributed by atoms with Crippen LogP contribution in [0, 0.1) is 17.3 Å². The van der Waals surface area contributed by atoms with Crippen molar-refractivity contribution in [1.82, 2.24) is 0 Å². The van der Waals surface area contributed by atoms with E-state index in [-0.39, 0.29) is 0 Å². The molecule has 22 heavy (non-hydrogen) atoms. The third-order valence-corrected chi connectivity index (χ3v) is 5.96. The fraction of sp³-hybridized carbons (Fsp3) is 0.909. The van der Waals surface area contributed by atoms with Crippen molar-refractivity contribution in [2.75, 3.05) is 0 Å². The van der Waals surface area contributed by atoms with Crippen LogP contribution in [0.3, 0.4) is 0 Å². The van der Waals surface area contributed by atoms with Crippen molar-refractivity contribution in [1.29, 1.82) is 0 Å².